The molecular formula is C13H15N3O2S2. The molecule has 0 atom stereocenters. The van der Waals surface area contributed by atoms with Crippen molar-refractivity contribution in [3.63, 3.8) is 0 Å². The van der Waals surface area contributed by atoms with Gasteiger partial charge in [-0.15, -0.1) is 11.3 Å². The van der Waals surface area contributed by atoms with Crippen LogP contribution in [0.25, 0.3) is 0 Å². The molecule has 2 aromatic rings. The lowest BCUT2D eigenvalue weighted by atomic mass is 10.4. The second-order valence-corrected chi connectivity index (χ2v) is 8.02. The van der Waals surface area contributed by atoms with Gasteiger partial charge in [0.05, 0.1) is 11.9 Å². The zero-order valence-corrected chi connectivity index (χ0v) is 12.6. The van der Waals surface area contributed by atoms with Gasteiger partial charge in [0.2, 0.25) is 0 Å². The molecule has 0 aromatic carbocycles. The van der Waals surface area contributed by atoms with Crippen molar-refractivity contribution in [1.29, 1.82) is 0 Å². The molecule has 2 heterocycles. The Hall–Kier alpha value is -1.60. The minimum atomic E-state index is -3.53. The van der Waals surface area contributed by atoms with Crippen molar-refractivity contribution in [3.05, 3.63) is 35.3 Å². The molecule has 1 aliphatic rings. The number of nitrogens with one attached hydrogen (secondary N) is 2. The average Bonchev–Trinajstić information content (AvgIpc) is 3.10. The van der Waals surface area contributed by atoms with Crippen LogP contribution in [0.5, 0.6) is 0 Å². The minimum Gasteiger partial charge on any atom is -0.381 e. The highest BCUT2D eigenvalue weighted by Crippen LogP contribution is 2.25. The summed E-state index contributed by atoms with van der Waals surface area (Å²) in [5, 5.41) is 3.30. The highest BCUT2D eigenvalue weighted by molar-refractivity contribution is 7.94. The van der Waals surface area contributed by atoms with E-state index < -0.39 is 10.0 Å². The maximum atomic E-state index is 12.1. The summed E-state index contributed by atoms with van der Waals surface area (Å²) in [6.07, 6.45) is 4.02. The second-order valence-electron chi connectivity index (χ2n) is 4.82. The smallest absolute Gasteiger partial charge is 0.272 e. The van der Waals surface area contributed by atoms with Gasteiger partial charge in [0, 0.05) is 10.9 Å². The summed E-state index contributed by atoms with van der Waals surface area (Å²) < 4.78 is 27.1. The predicted molar refractivity (Wildman–Crippen MR) is 80.7 cm³/mol. The fourth-order valence-corrected chi connectivity index (χ4v) is 4.04. The lowest BCUT2D eigenvalue weighted by Gasteiger charge is -2.07. The summed E-state index contributed by atoms with van der Waals surface area (Å²) in [6, 6.07) is 7.44. The molecule has 5 nitrogen and oxygen atoms in total. The fraction of sp³-hybridized carbons (Fsp3) is 0.308. The summed E-state index contributed by atoms with van der Waals surface area (Å²) in [6.45, 7) is 1.88. The molecule has 1 saturated carbocycles. The Morgan fingerprint density at radius 1 is 1.25 bits per heavy atom. The molecular weight excluding hydrogens is 294 g/mol. The molecule has 0 aliphatic heterocycles. The van der Waals surface area contributed by atoms with Crippen LogP contribution in [0, 0.1) is 6.92 Å². The van der Waals surface area contributed by atoms with Crippen LogP contribution in [-0.2, 0) is 10.0 Å². The van der Waals surface area contributed by atoms with Crippen LogP contribution in [0.1, 0.15) is 17.7 Å². The first-order valence-electron chi connectivity index (χ1n) is 6.35. The third-order valence-corrected chi connectivity index (χ3v) is 5.78. The number of aromatic nitrogens is 1. The summed E-state index contributed by atoms with van der Waals surface area (Å²) >= 11 is 1.24. The van der Waals surface area contributed by atoms with Crippen LogP contribution in [0.4, 0.5) is 11.5 Å². The third-order valence-electron chi connectivity index (χ3n) is 2.93. The molecule has 0 radical (unpaired) electrons. The van der Waals surface area contributed by atoms with Crippen molar-refractivity contribution in [2.45, 2.75) is 30.0 Å². The first-order chi connectivity index (χ1) is 9.53. The van der Waals surface area contributed by atoms with E-state index in [1.54, 1.807) is 24.4 Å². The summed E-state index contributed by atoms with van der Waals surface area (Å²) in [4.78, 5) is 5.09. The van der Waals surface area contributed by atoms with Gasteiger partial charge >= 0.3 is 0 Å². The summed E-state index contributed by atoms with van der Waals surface area (Å²) in [7, 11) is -3.53. The van der Waals surface area contributed by atoms with Crippen molar-refractivity contribution < 1.29 is 8.42 Å². The van der Waals surface area contributed by atoms with Crippen LogP contribution in [0.2, 0.25) is 0 Å². The van der Waals surface area contributed by atoms with Gasteiger partial charge in [-0.2, -0.15) is 0 Å². The summed E-state index contributed by atoms with van der Waals surface area (Å²) in [5.74, 6) is 0.331. The van der Waals surface area contributed by atoms with Crippen molar-refractivity contribution in [2.75, 3.05) is 10.0 Å². The zero-order chi connectivity index (χ0) is 14.2. The Kier molecular flexibility index (Phi) is 3.39. The van der Waals surface area contributed by atoms with Gasteiger partial charge in [-0.1, -0.05) is 0 Å². The molecule has 0 spiro atoms. The Bertz CT molecular complexity index is 703. The van der Waals surface area contributed by atoms with E-state index in [4.69, 9.17) is 0 Å². The van der Waals surface area contributed by atoms with Gasteiger partial charge < -0.3 is 5.32 Å². The van der Waals surface area contributed by atoms with Crippen LogP contribution < -0.4 is 10.0 Å². The lowest BCUT2D eigenvalue weighted by molar-refractivity contribution is 0.603. The van der Waals surface area contributed by atoms with Gasteiger partial charge in [0.1, 0.15) is 10.0 Å². The normalized spacial score (nSPS) is 15.1. The number of nitrogens with zero attached hydrogens (tertiary/aromatic N) is 1. The monoisotopic (exact) mass is 309 g/mol. The number of hydrogen-bond donors (Lipinski definition) is 2. The van der Waals surface area contributed by atoms with E-state index in [1.807, 2.05) is 13.0 Å². The van der Waals surface area contributed by atoms with Crippen molar-refractivity contribution in [1.82, 2.24) is 4.98 Å². The number of rotatable bonds is 5. The molecule has 2 aromatic heterocycles. The number of aryl methyl sites for hydroxylation is 1. The maximum Gasteiger partial charge on any atom is 0.272 e. The molecule has 1 fully saturated rings. The van der Waals surface area contributed by atoms with Gasteiger partial charge in [0.15, 0.2) is 0 Å². The fourth-order valence-electron chi connectivity index (χ4n) is 1.75. The average molecular weight is 309 g/mol. The number of sulfonamides is 1. The third kappa shape index (κ3) is 3.10. The van der Waals surface area contributed by atoms with Gasteiger partial charge in [-0.05, 0) is 44.0 Å². The number of thiophene rings is 1. The first kappa shape index (κ1) is 13.4. The Balaban J connectivity index is 1.73. The van der Waals surface area contributed by atoms with E-state index in [0.717, 1.165) is 10.6 Å². The van der Waals surface area contributed by atoms with E-state index >= 15 is 0 Å². The highest BCUT2D eigenvalue weighted by Gasteiger charge is 2.21. The topological polar surface area (TPSA) is 71.1 Å². The largest absolute Gasteiger partial charge is 0.381 e. The minimum absolute atomic E-state index is 0.303. The van der Waals surface area contributed by atoms with Crippen LogP contribution in [0.15, 0.2) is 34.7 Å². The van der Waals surface area contributed by atoms with E-state index in [2.05, 4.69) is 15.0 Å². The highest BCUT2D eigenvalue weighted by atomic mass is 32.2. The molecule has 1 aliphatic carbocycles. The predicted octanol–water partition coefficient (Wildman–Crippen LogP) is 2.83. The first-order valence-corrected chi connectivity index (χ1v) is 8.65. The molecule has 0 bridgehead atoms. The Labute approximate surface area is 122 Å². The van der Waals surface area contributed by atoms with Gasteiger partial charge in [-0.3, -0.25) is 4.72 Å². The van der Waals surface area contributed by atoms with E-state index in [-0.39, 0.29) is 0 Å². The maximum absolute atomic E-state index is 12.1. The number of pyridine rings is 1. The second kappa shape index (κ2) is 5.06. The lowest BCUT2D eigenvalue weighted by Crippen LogP contribution is -2.12. The molecule has 106 valence electrons. The van der Waals surface area contributed by atoms with E-state index in [1.165, 1.54) is 24.2 Å². The zero-order valence-electron chi connectivity index (χ0n) is 11.0. The molecule has 2 N–H and O–H groups in total. The summed E-state index contributed by atoms with van der Waals surface area (Å²) in [5.41, 5.74) is 0.919. The van der Waals surface area contributed by atoms with E-state index in [9.17, 15) is 8.42 Å². The van der Waals surface area contributed by atoms with Crippen molar-refractivity contribution >= 4 is 32.9 Å². The molecule has 0 amide bonds. The van der Waals surface area contributed by atoms with Crippen LogP contribution in [0.3, 0.4) is 0 Å². The number of anilines is 2. The Morgan fingerprint density at radius 3 is 2.60 bits per heavy atom. The van der Waals surface area contributed by atoms with Gasteiger partial charge in [-0.25, -0.2) is 13.4 Å². The molecule has 3 rings (SSSR count). The SMILES string of the molecule is Cc1ccc(S(=O)(=O)Nc2ccc(NC3CC3)cn2)s1. The molecule has 0 saturated heterocycles. The quantitative estimate of drug-likeness (QED) is 0.891. The van der Waals surface area contributed by atoms with E-state index in [0.29, 0.717) is 16.1 Å². The van der Waals surface area contributed by atoms with Crippen molar-refractivity contribution in [3.8, 4) is 0 Å². The van der Waals surface area contributed by atoms with Gasteiger partial charge in [0.25, 0.3) is 10.0 Å². The van der Waals surface area contributed by atoms with Crippen molar-refractivity contribution in [2.24, 2.45) is 0 Å². The van der Waals surface area contributed by atoms with Crippen LogP contribution in [-0.4, -0.2) is 19.4 Å². The Morgan fingerprint density at radius 2 is 2.05 bits per heavy atom. The molecule has 20 heavy (non-hydrogen) atoms. The standard InChI is InChI=1S/C13H15N3O2S2/c1-9-2-7-13(19-9)20(17,18)16-12-6-5-11(8-14-12)15-10-3-4-10/h2,5-8,10,15H,3-4H2,1H3,(H,14,16). The number of hydrogen-bond acceptors (Lipinski definition) is 5. The molecule has 7 heteroatoms. The van der Waals surface area contributed by atoms with Crippen LogP contribution >= 0.6 is 11.3 Å². The molecule has 0 unspecified atom stereocenters.